The number of ether oxygens (including phenoxy) is 3. The quantitative estimate of drug-likeness (QED) is 0.714. The molecule has 0 bridgehead atoms. The molecule has 0 radical (unpaired) electrons. The minimum atomic E-state index is 0.620. The van der Waals surface area contributed by atoms with Crippen molar-refractivity contribution in [2.24, 2.45) is 5.92 Å². The lowest BCUT2D eigenvalue weighted by Gasteiger charge is -2.40. The Morgan fingerprint density at radius 1 is 0.968 bits per heavy atom. The van der Waals surface area contributed by atoms with E-state index in [1.54, 1.807) is 7.11 Å². The summed E-state index contributed by atoms with van der Waals surface area (Å²) in [4.78, 5) is 5.08. The van der Waals surface area contributed by atoms with Gasteiger partial charge in [-0.2, -0.15) is 0 Å². The van der Waals surface area contributed by atoms with Crippen LogP contribution in [-0.2, 0) is 13.0 Å². The first-order valence-electron chi connectivity index (χ1n) is 11.6. The highest BCUT2D eigenvalue weighted by atomic mass is 16.6. The lowest BCUT2D eigenvalue weighted by Crippen LogP contribution is -2.36. The van der Waals surface area contributed by atoms with Crippen LogP contribution in [0, 0.1) is 5.92 Å². The second kappa shape index (κ2) is 7.40. The summed E-state index contributed by atoms with van der Waals surface area (Å²) < 4.78 is 17.5. The van der Waals surface area contributed by atoms with E-state index in [2.05, 4.69) is 47.1 Å². The Labute approximate surface area is 184 Å². The molecular formula is C26H30N2O3. The molecule has 1 saturated heterocycles. The SMILES string of the molecule is COc1ccc2c(c1N1CCC(C)CC1)CN1CCc3cc4c(cc3C1=C2)OCCO4. The summed E-state index contributed by atoms with van der Waals surface area (Å²) >= 11 is 0. The fourth-order valence-electron chi connectivity index (χ4n) is 5.47. The second-order valence-corrected chi connectivity index (χ2v) is 9.21. The van der Waals surface area contributed by atoms with Gasteiger partial charge in [0.05, 0.1) is 12.8 Å². The molecule has 1 fully saturated rings. The van der Waals surface area contributed by atoms with Gasteiger partial charge in [-0.1, -0.05) is 13.0 Å². The number of anilines is 1. The standard InChI is InChI=1S/C26H30N2O3/c1-17-5-8-27(9-6-17)26-21-16-28-10-7-19-14-24-25(31-12-11-30-24)15-20(19)22(28)13-18(21)3-4-23(26)29-2/h3-4,13-15,17H,5-12,16H2,1-2H3. The molecule has 31 heavy (non-hydrogen) atoms. The molecule has 6 rings (SSSR count). The molecule has 5 heteroatoms. The highest BCUT2D eigenvalue weighted by molar-refractivity contribution is 5.88. The van der Waals surface area contributed by atoms with Crippen LogP contribution < -0.4 is 19.1 Å². The molecule has 0 spiro atoms. The Kier molecular flexibility index (Phi) is 4.51. The highest BCUT2D eigenvalue weighted by Crippen LogP contribution is 2.45. The average Bonchev–Trinajstić information content (AvgIpc) is 2.81. The Balaban J connectivity index is 1.44. The van der Waals surface area contributed by atoms with E-state index in [1.165, 1.54) is 46.5 Å². The second-order valence-electron chi connectivity index (χ2n) is 9.21. The zero-order valence-corrected chi connectivity index (χ0v) is 18.4. The first kappa shape index (κ1) is 18.9. The van der Waals surface area contributed by atoms with Gasteiger partial charge in [-0.15, -0.1) is 0 Å². The number of fused-ring (bicyclic) bond motifs is 5. The number of hydrogen-bond acceptors (Lipinski definition) is 5. The van der Waals surface area contributed by atoms with Crippen LogP contribution in [0.4, 0.5) is 5.69 Å². The maximum atomic E-state index is 5.88. The van der Waals surface area contributed by atoms with Gasteiger partial charge in [0.15, 0.2) is 11.5 Å². The molecule has 0 unspecified atom stereocenters. The van der Waals surface area contributed by atoms with E-state index in [-0.39, 0.29) is 0 Å². The summed E-state index contributed by atoms with van der Waals surface area (Å²) in [6.45, 7) is 7.78. The fraction of sp³-hybridized carbons (Fsp3) is 0.462. The molecule has 0 N–H and O–H groups in total. The molecule has 4 aliphatic rings. The van der Waals surface area contributed by atoms with Gasteiger partial charge in [-0.05, 0) is 60.6 Å². The maximum Gasteiger partial charge on any atom is 0.162 e. The first-order valence-corrected chi connectivity index (χ1v) is 11.6. The lowest BCUT2D eigenvalue weighted by atomic mass is 9.89. The van der Waals surface area contributed by atoms with Crippen molar-refractivity contribution in [2.45, 2.75) is 32.7 Å². The number of benzene rings is 2. The fourth-order valence-corrected chi connectivity index (χ4v) is 5.47. The van der Waals surface area contributed by atoms with Crippen molar-refractivity contribution in [2.75, 3.05) is 44.9 Å². The van der Waals surface area contributed by atoms with Crippen molar-refractivity contribution in [1.29, 1.82) is 0 Å². The van der Waals surface area contributed by atoms with Crippen molar-refractivity contribution in [1.82, 2.24) is 4.90 Å². The van der Waals surface area contributed by atoms with Crippen LogP contribution in [0.15, 0.2) is 24.3 Å². The van der Waals surface area contributed by atoms with Crippen LogP contribution >= 0.6 is 0 Å². The predicted octanol–water partition coefficient (Wildman–Crippen LogP) is 4.57. The lowest BCUT2D eigenvalue weighted by molar-refractivity contribution is 0.171. The van der Waals surface area contributed by atoms with Crippen LogP contribution in [0.2, 0.25) is 0 Å². The third-order valence-corrected chi connectivity index (χ3v) is 7.28. The Hall–Kier alpha value is -2.82. The van der Waals surface area contributed by atoms with Crippen LogP contribution in [0.25, 0.3) is 11.8 Å². The summed E-state index contributed by atoms with van der Waals surface area (Å²) in [6.07, 6.45) is 5.89. The minimum absolute atomic E-state index is 0.620. The van der Waals surface area contributed by atoms with Gasteiger partial charge in [-0.25, -0.2) is 0 Å². The van der Waals surface area contributed by atoms with E-state index < -0.39 is 0 Å². The number of piperidine rings is 1. The van der Waals surface area contributed by atoms with Crippen molar-refractivity contribution in [3.63, 3.8) is 0 Å². The van der Waals surface area contributed by atoms with E-state index >= 15 is 0 Å². The highest BCUT2D eigenvalue weighted by Gasteiger charge is 2.31. The molecule has 0 amide bonds. The summed E-state index contributed by atoms with van der Waals surface area (Å²) in [5.41, 5.74) is 7.95. The van der Waals surface area contributed by atoms with E-state index in [9.17, 15) is 0 Å². The summed E-state index contributed by atoms with van der Waals surface area (Å²) in [5, 5.41) is 0. The van der Waals surface area contributed by atoms with Crippen molar-refractivity contribution in [3.05, 3.63) is 46.5 Å². The Morgan fingerprint density at radius 3 is 2.52 bits per heavy atom. The molecule has 2 aromatic rings. The van der Waals surface area contributed by atoms with Gasteiger partial charge >= 0.3 is 0 Å². The number of methoxy groups -OCH3 is 1. The van der Waals surface area contributed by atoms with E-state index in [1.807, 2.05) is 0 Å². The number of hydrogen-bond donors (Lipinski definition) is 0. The Morgan fingerprint density at radius 2 is 1.74 bits per heavy atom. The minimum Gasteiger partial charge on any atom is -0.495 e. The Bertz CT molecular complexity index is 1050. The predicted molar refractivity (Wildman–Crippen MR) is 123 cm³/mol. The van der Waals surface area contributed by atoms with Gasteiger partial charge in [0.2, 0.25) is 0 Å². The van der Waals surface area contributed by atoms with Crippen molar-refractivity contribution in [3.8, 4) is 17.2 Å². The molecule has 4 heterocycles. The summed E-state index contributed by atoms with van der Waals surface area (Å²) in [7, 11) is 1.80. The van der Waals surface area contributed by atoms with Gasteiger partial charge in [0, 0.05) is 43.0 Å². The summed E-state index contributed by atoms with van der Waals surface area (Å²) in [6, 6.07) is 8.74. The maximum absolute atomic E-state index is 5.88. The van der Waals surface area contributed by atoms with E-state index in [0.717, 1.165) is 55.8 Å². The number of rotatable bonds is 2. The van der Waals surface area contributed by atoms with Crippen LogP contribution in [-0.4, -0.2) is 44.9 Å². The molecule has 0 saturated carbocycles. The zero-order valence-electron chi connectivity index (χ0n) is 18.4. The van der Waals surface area contributed by atoms with Crippen LogP contribution in [0.5, 0.6) is 17.2 Å². The zero-order chi connectivity index (χ0) is 20.9. The third-order valence-electron chi connectivity index (χ3n) is 7.28. The number of nitrogens with zero attached hydrogens (tertiary/aromatic N) is 2. The monoisotopic (exact) mass is 418 g/mol. The third kappa shape index (κ3) is 3.13. The molecule has 4 aliphatic heterocycles. The van der Waals surface area contributed by atoms with Gasteiger partial charge in [0.1, 0.15) is 19.0 Å². The van der Waals surface area contributed by atoms with Crippen LogP contribution in [0.3, 0.4) is 0 Å². The molecule has 0 aromatic heterocycles. The van der Waals surface area contributed by atoms with E-state index in [4.69, 9.17) is 14.2 Å². The first-order chi connectivity index (χ1) is 15.2. The van der Waals surface area contributed by atoms with Gasteiger partial charge in [-0.3, -0.25) is 0 Å². The van der Waals surface area contributed by atoms with Gasteiger partial charge in [0.25, 0.3) is 0 Å². The van der Waals surface area contributed by atoms with Crippen molar-refractivity contribution >= 4 is 17.5 Å². The summed E-state index contributed by atoms with van der Waals surface area (Å²) in [5.74, 6) is 3.57. The molecule has 2 aromatic carbocycles. The molecule has 5 nitrogen and oxygen atoms in total. The topological polar surface area (TPSA) is 34.2 Å². The van der Waals surface area contributed by atoms with E-state index in [0.29, 0.717) is 13.2 Å². The molecule has 162 valence electrons. The molecule has 0 aliphatic carbocycles. The smallest absolute Gasteiger partial charge is 0.162 e. The van der Waals surface area contributed by atoms with Gasteiger partial charge < -0.3 is 24.0 Å². The molecular weight excluding hydrogens is 388 g/mol. The van der Waals surface area contributed by atoms with Crippen LogP contribution in [0.1, 0.15) is 42.0 Å². The van der Waals surface area contributed by atoms with Crippen molar-refractivity contribution < 1.29 is 14.2 Å². The molecule has 0 atom stereocenters. The largest absolute Gasteiger partial charge is 0.495 e. The normalized spacial score (nSPS) is 19.9. The average molecular weight is 419 g/mol.